The number of aliphatic hydroxyl groups excluding tert-OH is 1. The lowest BCUT2D eigenvalue weighted by Crippen LogP contribution is -2.60. The number of aliphatic carboxylic acids is 2. The minimum Gasteiger partial charge on any atom is -0.508 e. The molecule has 2 aliphatic heterocycles. The predicted octanol–water partition coefficient (Wildman–Crippen LogP) is -1.33. The molecule has 82 heavy (non-hydrogen) atoms. The first-order chi connectivity index (χ1) is 38.7. The average molecular weight is 1150 g/mol. The maximum atomic E-state index is 14.5. The van der Waals surface area contributed by atoms with E-state index in [4.69, 9.17) is 11.5 Å². The number of aliphatic hydroxyl groups is 1. The number of carbonyl (C=O) groups is 11. The number of carbonyl (C=O) groups excluding carboxylic acids is 9. The molecule has 2 aromatic carbocycles. The standard InChI is InChI=1S/C56H83N11O15/c1-30(2)26-41(54(79)67-25-13-18-43(67)55(80)66-24-12-17-42(66)52(77)64-45(31(3)4)53(78)65-46(33(6)68)56(81)82)63-47(72)32(5)59-49(74)40(29-44(70)71)62-51(76)39(27-34-14-8-7-9-15-34)61-50(75)38(28-35-19-21-36(69)22-20-35)60-48(73)37(58)16-10-11-23-57/h7-9,14-15,19-22,30-33,37-43,45-46,68-69H,10-13,16-18,23-29,57-58H2,1-6H3,(H,59,74)(H,60,73)(H,61,75)(H,62,76)(H,63,72)(H,64,77)(H,65,78)(H,70,71)(H,81,82)/t32-,33+,37-,38-,39-,40-,41-,42-,43-,45-,46-/m0/s1. The second-order valence-electron chi connectivity index (χ2n) is 21.8. The number of rotatable bonds is 31. The van der Waals surface area contributed by atoms with Crippen LogP contribution >= 0.6 is 0 Å². The van der Waals surface area contributed by atoms with Gasteiger partial charge in [0.25, 0.3) is 0 Å². The fourth-order valence-corrected chi connectivity index (χ4v) is 9.75. The number of benzene rings is 2. The number of nitrogens with one attached hydrogen (secondary N) is 7. The third-order valence-electron chi connectivity index (χ3n) is 14.3. The number of amides is 9. The second-order valence-corrected chi connectivity index (χ2v) is 21.8. The van der Waals surface area contributed by atoms with E-state index in [0.717, 1.165) is 0 Å². The first-order valence-electron chi connectivity index (χ1n) is 27.9. The Labute approximate surface area is 477 Å². The van der Waals surface area contributed by atoms with Crippen LogP contribution in [0.3, 0.4) is 0 Å². The molecule has 9 amide bonds. The van der Waals surface area contributed by atoms with Gasteiger partial charge in [-0.05, 0) is 100 Å². The van der Waals surface area contributed by atoms with Crippen molar-refractivity contribution in [1.29, 1.82) is 0 Å². The minimum atomic E-state index is -1.82. The summed E-state index contributed by atoms with van der Waals surface area (Å²) in [7, 11) is 0. The predicted molar refractivity (Wildman–Crippen MR) is 297 cm³/mol. The fourth-order valence-electron chi connectivity index (χ4n) is 9.75. The molecule has 0 bridgehead atoms. The van der Waals surface area contributed by atoms with Gasteiger partial charge in [-0.15, -0.1) is 0 Å². The average Bonchev–Trinajstić information content (AvgIpc) is 4.32. The molecule has 26 nitrogen and oxygen atoms in total. The van der Waals surface area contributed by atoms with Crippen LogP contribution in [0.25, 0.3) is 0 Å². The molecule has 11 atom stereocenters. The molecule has 0 spiro atoms. The number of hydrogen-bond donors (Lipinski definition) is 13. The number of phenolic OH excluding ortho intramolecular Hbond substituents is 1. The van der Waals surface area contributed by atoms with Crippen molar-refractivity contribution in [1.82, 2.24) is 47.0 Å². The lowest BCUT2D eigenvalue weighted by Gasteiger charge is -2.34. The summed E-state index contributed by atoms with van der Waals surface area (Å²) in [6.45, 7) is 9.99. The molecule has 0 unspecified atom stereocenters. The zero-order valence-corrected chi connectivity index (χ0v) is 47.4. The largest absolute Gasteiger partial charge is 0.508 e. The number of carboxylic acid groups (broad SMARTS) is 2. The Morgan fingerprint density at radius 2 is 1.13 bits per heavy atom. The van der Waals surface area contributed by atoms with Crippen molar-refractivity contribution < 1.29 is 73.2 Å². The van der Waals surface area contributed by atoms with Gasteiger partial charge in [-0.2, -0.15) is 0 Å². The molecule has 26 heteroatoms. The molecule has 2 saturated heterocycles. The first kappa shape index (κ1) is 66.8. The number of phenols is 1. The second kappa shape index (κ2) is 32.1. The molecule has 2 fully saturated rings. The number of nitrogens with two attached hydrogens (primary N) is 2. The van der Waals surface area contributed by atoms with Gasteiger partial charge in [-0.3, -0.25) is 47.9 Å². The van der Waals surface area contributed by atoms with E-state index in [1.54, 1.807) is 70.2 Å². The van der Waals surface area contributed by atoms with Crippen LogP contribution in [0.15, 0.2) is 54.6 Å². The summed E-state index contributed by atoms with van der Waals surface area (Å²) in [6.07, 6.45) is 0.104. The third-order valence-corrected chi connectivity index (χ3v) is 14.3. The highest BCUT2D eigenvalue weighted by molar-refractivity contribution is 5.99. The van der Waals surface area contributed by atoms with Crippen LogP contribution in [-0.2, 0) is 65.6 Å². The van der Waals surface area contributed by atoms with E-state index in [1.165, 1.54) is 35.8 Å². The Balaban J connectivity index is 1.49. The van der Waals surface area contributed by atoms with Crippen molar-refractivity contribution in [2.75, 3.05) is 19.6 Å². The maximum absolute atomic E-state index is 14.5. The zero-order valence-electron chi connectivity index (χ0n) is 47.4. The number of hydrogen-bond acceptors (Lipinski definition) is 15. The summed E-state index contributed by atoms with van der Waals surface area (Å²) < 4.78 is 0. The van der Waals surface area contributed by atoms with Gasteiger partial charge in [-0.1, -0.05) is 76.6 Å². The van der Waals surface area contributed by atoms with Gasteiger partial charge >= 0.3 is 11.9 Å². The smallest absolute Gasteiger partial charge is 0.328 e. The normalized spacial score (nSPS) is 18.3. The van der Waals surface area contributed by atoms with Crippen LogP contribution in [0.5, 0.6) is 5.75 Å². The minimum absolute atomic E-state index is 0.0448. The van der Waals surface area contributed by atoms with Crippen molar-refractivity contribution in [3.05, 3.63) is 65.7 Å². The number of carboxylic acids is 2. The van der Waals surface area contributed by atoms with E-state index in [9.17, 15) is 73.2 Å². The van der Waals surface area contributed by atoms with Crippen molar-refractivity contribution in [3.63, 3.8) is 0 Å². The number of nitrogens with zero attached hydrogens (tertiary/aromatic N) is 2. The summed E-state index contributed by atoms with van der Waals surface area (Å²) in [5.74, 6) is -10.9. The lowest BCUT2D eigenvalue weighted by molar-refractivity contribution is -0.148. The topological polar surface area (TPSA) is 411 Å². The van der Waals surface area contributed by atoms with E-state index in [2.05, 4.69) is 37.2 Å². The Hall–Kier alpha value is -7.71. The Morgan fingerprint density at radius 3 is 1.68 bits per heavy atom. The fraction of sp³-hybridized carbons (Fsp3) is 0.589. The maximum Gasteiger partial charge on any atom is 0.328 e. The molecule has 0 saturated carbocycles. The lowest BCUT2D eigenvalue weighted by atomic mass is 10.0. The van der Waals surface area contributed by atoms with Crippen molar-refractivity contribution in [2.24, 2.45) is 23.3 Å². The molecule has 452 valence electrons. The van der Waals surface area contributed by atoms with E-state index in [1.807, 2.05) is 0 Å². The van der Waals surface area contributed by atoms with Crippen molar-refractivity contribution in [2.45, 2.75) is 179 Å². The highest BCUT2D eigenvalue weighted by Gasteiger charge is 2.45. The number of unbranched alkanes of at least 4 members (excludes halogenated alkanes) is 1. The molecule has 2 aliphatic rings. The summed E-state index contributed by atoms with van der Waals surface area (Å²) >= 11 is 0. The third kappa shape index (κ3) is 20.1. The molecule has 2 aromatic rings. The van der Waals surface area contributed by atoms with Gasteiger partial charge in [0.05, 0.1) is 18.6 Å². The van der Waals surface area contributed by atoms with Gasteiger partial charge in [0.15, 0.2) is 6.04 Å². The first-order valence-corrected chi connectivity index (χ1v) is 27.9. The van der Waals surface area contributed by atoms with E-state index < -0.39 is 144 Å². The molecule has 15 N–H and O–H groups in total. The van der Waals surface area contributed by atoms with Crippen molar-refractivity contribution in [3.8, 4) is 5.75 Å². The van der Waals surface area contributed by atoms with Gasteiger partial charge < -0.3 is 78.9 Å². The van der Waals surface area contributed by atoms with Gasteiger partial charge in [0.1, 0.15) is 54.1 Å². The van der Waals surface area contributed by atoms with Crippen LogP contribution in [0.4, 0.5) is 0 Å². The molecule has 0 radical (unpaired) electrons. The van der Waals surface area contributed by atoms with Gasteiger partial charge in [0.2, 0.25) is 53.2 Å². The van der Waals surface area contributed by atoms with Gasteiger partial charge in [0, 0.05) is 25.9 Å². The SMILES string of the molecule is CC(C)C[C@H](NC(=O)[C@H](C)NC(=O)[C@H](CC(=O)O)NC(=O)[C@H](Cc1ccccc1)NC(=O)[C@H](Cc1ccc(O)cc1)NC(=O)[C@@H](N)CCCCN)C(=O)N1CCC[C@H]1C(=O)N1CCC[C@H]1C(=O)N[C@H](C(=O)N[C@H](C(=O)O)[C@@H](C)O)C(C)C. The Bertz CT molecular complexity index is 2550. The van der Waals surface area contributed by atoms with Crippen LogP contribution < -0.4 is 48.7 Å². The molecular weight excluding hydrogens is 1070 g/mol. The Morgan fingerprint density at radius 1 is 0.598 bits per heavy atom. The van der Waals surface area contributed by atoms with Crippen LogP contribution in [-0.4, -0.2) is 181 Å². The summed E-state index contributed by atoms with van der Waals surface area (Å²) in [5.41, 5.74) is 12.8. The number of likely N-dealkylation sites (tertiary alicyclic amines) is 2. The molecule has 2 heterocycles. The van der Waals surface area contributed by atoms with E-state index in [-0.39, 0.29) is 63.3 Å². The van der Waals surface area contributed by atoms with E-state index >= 15 is 0 Å². The van der Waals surface area contributed by atoms with Crippen LogP contribution in [0, 0.1) is 11.8 Å². The van der Waals surface area contributed by atoms with Crippen LogP contribution in [0.2, 0.25) is 0 Å². The monoisotopic (exact) mass is 1150 g/mol. The highest BCUT2D eigenvalue weighted by atomic mass is 16.4. The highest BCUT2D eigenvalue weighted by Crippen LogP contribution is 2.27. The summed E-state index contributed by atoms with van der Waals surface area (Å²) in [6, 6.07) is 1.09. The quantitative estimate of drug-likeness (QED) is 0.0389. The van der Waals surface area contributed by atoms with Gasteiger partial charge in [-0.25, -0.2) is 4.79 Å². The van der Waals surface area contributed by atoms with E-state index in [0.29, 0.717) is 43.4 Å². The zero-order chi connectivity index (χ0) is 61.0. The summed E-state index contributed by atoms with van der Waals surface area (Å²) in [4.78, 5) is 152. The summed E-state index contributed by atoms with van der Waals surface area (Å²) in [5, 5.41) is 56.9. The molecule has 0 aromatic heterocycles. The van der Waals surface area contributed by atoms with Crippen LogP contribution in [0.1, 0.15) is 110 Å². The molecule has 4 rings (SSSR count). The molecular formula is C56H83N11O15. The molecule has 0 aliphatic carbocycles. The Kier molecular flexibility index (Phi) is 26.1. The van der Waals surface area contributed by atoms with Crippen molar-refractivity contribution >= 4 is 65.1 Å². The number of aromatic hydroxyl groups is 1.